The van der Waals surface area contributed by atoms with Gasteiger partial charge in [0.1, 0.15) is 6.10 Å². The minimum Gasteiger partial charge on any atom is -0.462 e. The smallest absolute Gasteiger partial charge is 0.310 e. The number of ether oxygens (including phenoxy) is 2. The lowest BCUT2D eigenvalue weighted by Gasteiger charge is -2.50. The first kappa shape index (κ1) is 18.5. The Morgan fingerprint density at radius 3 is 2.96 bits per heavy atom. The van der Waals surface area contributed by atoms with Crippen molar-refractivity contribution in [1.29, 1.82) is 0 Å². The molecule has 0 bridgehead atoms. The number of morpholine rings is 1. The van der Waals surface area contributed by atoms with E-state index in [1.54, 1.807) is 0 Å². The molecule has 2 aliphatic carbocycles. The number of hydrogen-bond acceptors (Lipinski definition) is 5. The first-order valence-corrected chi connectivity index (χ1v) is 10.5. The van der Waals surface area contributed by atoms with Crippen molar-refractivity contribution in [3.63, 3.8) is 0 Å². The topological polar surface area (TPSA) is 50.8 Å². The van der Waals surface area contributed by atoms with Gasteiger partial charge >= 0.3 is 5.97 Å². The summed E-state index contributed by atoms with van der Waals surface area (Å²) in [6.07, 6.45) is 5.89. The number of rotatable bonds is 5. The van der Waals surface area contributed by atoms with Crippen LogP contribution in [0.25, 0.3) is 0 Å². The molecule has 2 aliphatic heterocycles. The second kappa shape index (κ2) is 7.61. The van der Waals surface area contributed by atoms with Gasteiger partial charge in [-0.2, -0.15) is 0 Å². The largest absolute Gasteiger partial charge is 0.462 e. The SMILES string of the molecule is C=C1CCCC2(C)CC3OC(=O)C(CNCCN4CCOCC4)C3CC12. The van der Waals surface area contributed by atoms with Gasteiger partial charge < -0.3 is 14.8 Å². The normalized spacial score (nSPS) is 40.8. The molecule has 5 heteroatoms. The van der Waals surface area contributed by atoms with E-state index >= 15 is 0 Å². The van der Waals surface area contributed by atoms with Gasteiger partial charge in [-0.05, 0) is 43.4 Å². The number of nitrogens with one attached hydrogen (secondary N) is 1. The van der Waals surface area contributed by atoms with Gasteiger partial charge in [0, 0.05) is 38.6 Å². The maximum atomic E-state index is 12.5. The van der Waals surface area contributed by atoms with Crippen LogP contribution in [0.3, 0.4) is 0 Å². The molecule has 5 unspecified atom stereocenters. The summed E-state index contributed by atoms with van der Waals surface area (Å²) in [6, 6.07) is 0. The van der Waals surface area contributed by atoms with Crippen LogP contribution in [0, 0.1) is 23.2 Å². The van der Waals surface area contributed by atoms with Crippen molar-refractivity contribution in [2.75, 3.05) is 45.9 Å². The van der Waals surface area contributed by atoms with E-state index < -0.39 is 0 Å². The molecule has 4 aliphatic rings. The van der Waals surface area contributed by atoms with Gasteiger partial charge in [-0.1, -0.05) is 19.1 Å². The number of fused-ring (bicyclic) bond motifs is 2. The van der Waals surface area contributed by atoms with Crippen LogP contribution in [0.4, 0.5) is 0 Å². The Morgan fingerprint density at radius 2 is 2.15 bits per heavy atom. The molecule has 1 N–H and O–H groups in total. The molecular weight excluding hydrogens is 328 g/mol. The summed E-state index contributed by atoms with van der Waals surface area (Å²) >= 11 is 0. The van der Waals surface area contributed by atoms with Gasteiger partial charge in [-0.25, -0.2) is 0 Å². The summed E-state index contributed by atoms with van der Waals surface area (Å²) in [7, 11) is 0. The summed E-state index contributed by atoms with van der Waals surface area (Å²) in [6.45, 7) is 13.2. The number of nitrogens with zero attached hydrogens (tertiary/aromatic N) is 1. The van der Waals surface area contributed by atoms with E-state index in [9.17, 15) is 4.79 Å². The van der Waals surface area contributed by atoms with Gasteiger partial charge in [-0.3, -0.25) is 9.69 Å². The first-order valence-electron chi connectivity index (χ1n) is 10.5. The van der Waals surface area contributed by atoms with Crippen LogP contribution in [-0.2, 0) is 14.3 Å². The number of carbonyl (C=O) groups excluding carboxylic acids is 1. The molecular formula is C21H34N2O3. The summed E-state index contributed by atoms with van der Waals surface area (Å²) in [5, 5.41) is 3.53. The average molecular weight is 363 g/mol. The van der Waals surface area contributed by atoms with Crippen LogP contribution < -0.4 is 5.32 Å². The molecule has 2 saturated carbocycles. The Balaban J connectivity index is 1.31. The van der Waals surface area contributed by atoms with Crippen LogP contribution in [0.5, 0.6) is 0 Å². The molecule has 5 atom stereocenters. The third kappa shape index (κ3) is 3.58. The van der Waals surface area contributed by atoms with Crippen molar-refractivity contribution in [1.82, 2.24) is 10.2 Å². The van der Waals surface area contributed by atoms with E-state index in [4.69, 9.17) is 9.47 Å². The van der Waals surface area contributed by atoms with Crippen molar-refractivity contribution in [3.8, 4) is 0 Å². The van der Waals surface area contributed by atoms with Crippen LogP contribution in [0.2, 0.25) is 0 Å². The average Bonchev–Trinajstić information content (AvgIpc) is 2.92. The highest BCUT2D eigenvalue weighted by atomic mass is 16.6. The first-order chi connectivity index (χ1) is 12.6. The van der Waals surface area contributed by atoms with Gasteiger partial charge in [0.05, 0.1) is 19.1 Å². The molecule has 0 radical (unpaired) electrons. The Kier molecular flexibility index (Phi) is 5.40. The predicted molar refractivity (Wildman–Crippen MR) is 101 cm³/mol. The zero-order chi connectivity index (χ0) is 18.1. The molecule has 26 heavy (non-hydrogen) atoms. The minimum absolute atomic E-state index is 0.0176. The van der Waals surface area contributed by atoms with Gasteiger partial charge in [-0.15, -0.1) is 0 Å². The van der Waals surface area contributed by atoms with Gasteiger partial charge in [0.15, 0.2) is 0 Å². The minimum atomic E-state index is 0.0176. The summed E-state index contributed by atoms with van der Waals surface area (Å²) in [4.78, 5) is 14.9. The van der Waals surface area contributed by atoms with Crippen molar-refractivity contribution >= 4 is 5.97 Å². The number of esters is 1. The molecule has 0 aromatic rings. The molecule has 0 aromatic heterocycles. The number of carbonyl (C=O) groups is 1. The molecule has 0 spiro atoms. The second-order valence-electron chi connectivity index (χ2n) is 9.06. The van der Waals surface area contributed by atoms with Gasteiger partial charge in [0.25, 0.3) is 0 Å². The Morgan fingerprint density at radius 1 is 1.35 bits per heavy atom. The van der Waals surface area contributed by atoms with E-state index in [1.165, 1.54) is 18.4 Å². The maximum absolute atomic E-state index is 12.5. The predicted octanol–water partition coefficient (Wildman–Crippen LogP) is 2.22. The summed E-state index contributed by atoms with van der Waals surface area (Å²) < 4.78 is 11.2. The highest BCUT2D eigenvalue weighted by Gasteiger charge is 2.54. The highest BCUT2D eigenvalue weighted by molar-refractivity contribution is 5.75. The van der Waals surface area contributed by atoms with Crippen LogP contribution >= 0.6 is 0 Å². The molecule has 4 fully saturated rings. The Hall–Kier alpha value is -0.910. The number of allylic oxidation sites excluding steroid dienone is 1. The van der Waals surface area contributed by atoms with E-state index in [0.29, 0.717) is 11.8 Å². The highest BCUT2D eigenvalue weighted by Crippen LogP contribution is 2.56. The lowest BCUT2D eigenvalue weighted by molar-refractivity contribution is -0.146. The zero-order valence-corrected chi connectivity index (χ0v) is 16.2. The lowest BCUT2D eigenvalue weighted by atomic mass is 9.55. The zero-order valence-electron chi connectivity index (χ0n) is 16.2. The van der Waals surface area contributed by atoms with Gasteiger partial charge in [0.2, 0.25) is 0 Å². The fourth-order valence-corrected chi connectivity index (χ4v) is 5.81. The fourth-order valence-electron chi connectivity index (χ4n) is 5.81. The molecule has 0 amide bonds. The van der Waals surface area contributed by atoms with E-state index in [0.717, 1.165) is 65.2 Å². The van der Waals surface area contributed by atoms with E-state index in [2.05, 4.69) is 23.7 Å². The molecule has 146 valence electrons. The number of hydrogen-bond donors (Lipinski definition) is 1. The molecule has 2 heterocycles. The van der Waals surface area contributed by atoms with Crippen molar-refractivity contribution in [2.24, 2.45) is 23.2 Å². The molecule has 5 nitrogen and oxygen atoms in total. The molecule has 4 rings (SSSR count). The fraction of sp³-hybridized carbons (Fsp3) is 0.857. The van der Waals surface area contributed by atoms with Crippen molar-refractivity contribution in [3.05, 3.63) is 12.2 Å². The summed E-state index contributed by atoms with van der Waals surface area (Å²) in [5.41, 5.74) is 1.70. The third-order valence-corrected chi connectivity index (χ3v) is 7.39. The lowest BCUT2D eigenvalue weighted by Crippen LogP contribution is -2.46. The Bertz CT molecular complexity index is 545. The second-order valence-corrected chi connectivity index (χ2v) is 9.06. The van der Waals surface area contributed by atoms with Crippen LogP contribution in [0.1, 0.15) is 39.0 Å². The third-order valence-electron chi connectivity index (χ3n) is 7.39. The van der Waals surface area contributed by atoms with Crippen molar-refractivity contribution < 1.29 is 14.3 Å². The standard InChI is InChI=1S/C21H34N2O3/c1-15-4-3-5-21(2)13-19-16(12-18(15)21)17(20(24)26-19)14-22-6-7-23-8-10-25-11-9-23/h16-19,22H,1,3-14H2,2H3. The Labute approximate surface area is 157 Å². The maximum Gasteiger partial charge on any atom is 0.310 e. The van der Waals surface area contributed by atoms with E-state index in [-0.39, 0.29) is 23.4 Å². The van der Waals surface area contributed by atoms with Crippen LogP contribution in [-0.4, -0.2) is 62.9 Å². The monoisotopic (exact) mass is 362 g/mol. The molecule has 0 aromatic carbocycles. The van der Waals surface area contributed by atoms with Crippen molar-refractivity contribution in [2.45, 2.75) is 45.1 Å². The quantitative estimate of drug-likeness (QED) is 0.462. The molecule has 2 saturated heterocycles. The summed E-state index contributed by atoms with van der Waals surface area (Å²) in [5.74, 6) is 0.977. The van der Waals surface area contributed by atoms with E-state index in [1.807, 2.05) is 0 Å². The van der Waals surface area contributed by atoms with Crippen LogP contribution in [0.15, 0.2) is 12.2 Å².